The summed E-state index contributed by atoms with van der Waals surface area (Å²) >= 11 is 1.59. The molecular formula is C33H41N3O6S. The van der Waals surface area contributed by atoms with E-state index in [0.29, 0.717) is 53.7 Å². The maximum absolute atomic E-state index is 13.2. The molecule has 1 aliphatic heterocycles. The molecule has 0 spiro atoms. The van der Waals surface area contributed by atoms with Crippen LogP contribution in [0.5, 0.6) is 11.5 Å². The average Bonchev–Trinajstić information content (AvgIpc) is 3.69. The average molecular weight is 608 g/mol. The van der Waals surface area contributed by atoms with Crippen LogP contribution in [0.3, 0.4) is 0 Å². The smallest absolute Gasteiger partial charge is 0.410 e. The van der Waals surface area contributed by atoms with E-state index in [4.69, 9.17) is 14.2 Å². The van der Waals surface area contributed by atoms with Crippen molar-refractivity contribution >= 4 is 39.2 Å². The Labute approximate surface area is 257 Å². The molecule has 9 nitrogen and oxygen atoms in total. The van der Waals surface area contributed by atoms with Gasteiger partial charge in [-0.25, -0.2) is 4.79 Å². The second kappa shape index (κ2) is 13.5. The summed E-state index contributed by atoms with van der Waals surface area (Å²) in [7, 11) is 1.87. The number of amides is 2. The van der Waals surface area contributed by atoms with Gasteiger partial charge in [-0.15, -0.1) is 11.3 Å². The molecule has 0 aliphatic carbocycles. The van der Waals surface area contributed by atoms with E-state index in [1.165, 1.54) is 0 Å². The first-order valence-electron chi connectivity index (χ1n) is 14.0. The van der Waals surface area contributed by atoms with Gasteiger partial charge in [0.05, 0.1) is 23.4 Å². The quantitative estimate of drug-likeness (QED) is 0.216. The van der Waals surface area contributed by atoms with Crippen LogP contribution in [0.2, 0.25) is 0 Å². The monoisotopic (exact) mass is 607 g/mol. The van der Waals surface area contributed by atoms with Gasteiger partial charge >= 0.3 is 6.09 Å². The number of hydrogen-bond donors (Lipinski definition) is 2. The fraction of sp³-hybridized carbons (Fsp3) is 0.394. The molecular weight excluding hydrogens is 566 g/mol. The first-order chi connectivity index (χ1) is 20.1. The van der Waals surface area contributed by atoms with Gasteiger partial charge in [-0.2, -0.15) is 0 Å². The summed E-state index contributed by atoms with van der Waals surface area (Å²) in [6.07, 6.45) is 0.586. The highest BCUT2D eigenvalue weighted by atomic mass is 32.1. The molecule has 2 N–H and O–H groups in total. The van der Waals surface area contributed by atoms with E-state index in [-0.39, 0.29) is 38.6 Å². The molecule has 1 saturated heterocycles. The van der Waals surface area contributed by atoms with E-state index in [9.17, 15) is 14.7 Å². The SMILES string of the molecule is C.Cn1c(C(=O)Nc2cccc(CO)c2COc2ccc(OC[C@H]3CCN(C(=O)OC(C)(C)C)C3)cc2)cc2sccc21. The number of fused-ring (bicyclic) bond motifs is 1. The summed E-state index contributed by atoms with van der Waals surface area (Å²) in [6.45, 7) is 7.36. The van der Waals surface area contributed by atoms with Gasteiger partial charge in [0.25, 0.3) is 5.91 Å². The molecule has 0 unspecified atom stereocenters. The number of carbonyl (C=O) groups is 2. The van der Waals surface area contributed by atoms with Crippen molar-refractivity contribution in [2.24, 2.45) is 13.0 Å². The maximum atomic E-state index is 13.2. The number of ether oxygens (including phenoxy) is 3. The van der Waals surface area contributed by atoms with E-state index in [2.05, 4.69) is 5.32 Å². The maximum Gasteiger partial charge on any atom is 0.410 e. The summed E-state index contributed by atoms with van der Waals surface area (Å²) < 4.78 is 20.4. The molecule has 3 heterocycles. The van der Waals surface area contributed by atoms with Crippen LogP contribution in [0.25, 0.3) is 10.2 Å². The number of aliphatic hydroxyl groups excluding tert-OH is 1. The molecule has 2 amide bonds. The number of rotatable bonds is 9. The van der Waals surface area contributed by atoms with Gasteiger partial charge in [-0.05, 0) is 80.6 Å². The minimum absolute atomic E-state index is 0. The van der Waals surface area contributed by atoms with Crippen molar-refractivity contribution < 1.29 is 28.9 Å². The summed E-state index contributed by atoms with van der Waals surface area (Å²) in [5, 5.41) is 15.0. The Balaban J connectivity index is 0.00000423. The lowest BCUT2D eigenvalue weighted by Crippen LogP contribution is -2.35. The zero-order valence-corrected chi connectivity index (χ0v) is 25.2. The van der Waals surface area contributed by atoms with Gasteiger partial charge < -0.3 is 34.1 Å². The topological polar surface area (TPSA) is 102 Å². The zero-order chi connectivity index (χ0) is 29.9. The Morgan fingerprint density at radius 3 is 2.47 bits per heavy atom. The molecule has 2 aromatic carbocycles. The van der Waals surface area contributed by atoms with Crippen LogP contribution in [0.4, 0.5) is 10.5 Å². The number of nitrogens with one attached hydrogen (secondary N) is 1. The van der Waals surface area contributed by atoms with Crippen LogP contribution in [-0.2, 0) is 25.0 Å². The highest BCUT2D eigenvalue weighted by molar-refractivity contribution is 7.17. The Kier molecular flexibility index (Phi) is 10.0. The molecule has 43 heavy (non-hydrogen) atoms. The van der Waals surface area contributed by atoms with Gasteiger partial charge in [-0.1, -0.05) is 19.6 Å². The first kappa shape index (κ1) is 31.9. The van der Waals surface area contributed by atoms with Crippen molar-refractivity contribution in [3.05, 3.63) is 76.8 Å². The van der Waals surface area contributed by atoms with E-state index < -0.39 is 5.60 Å². The molecule has 0 saturated carbocycles. The number of nitrogens with zero attached hydrogens (tertiary/aromatic N) is 2. The third-order valence-corrected chi connectivity index (χ3v) is 8.07. The van der Waals surface area contributed by atoms with Crippen LogP contribution < -0.4 is 14.8 Å². The van der Waals surface area contributed by atoms with Gasteiger partial charge in [-0.3, -0.25) is 4.79 Å². The fourth-order valence-electron chi connectivity index (χ4n) is 4.99. The first-order valence-corrected chi connectivity index (χ1v) is 14.9. The predicted octanol–water partition coefficient (Wildman–Crippen LogP) is 6.84. The van der Waals surface area contributed by atoms with E-state index in [0.717, 1.165) is 16.6 Å². The van der Waals surface area contributed by atoms with Crippen LogP contribution in [-0.4, -0.2) is 51.9 Å². The molecule has 0 bridgehead atoms. The van der Waals surface area contributed by atoms with Crippen molar-refractivity contribution in [2.45, 2.75) is 53.4 Å². The number of aromatic nitrogens is 1. The molecule has 10 heteroatoms. The number of hydrogen-bond acceptors (Lipinski definition) is 7. The highest BCUT2D eigenvalue weighted by Gasteiger charge is 2.30. The molecule has 230 valence electrons. The van der Waals surface area contributed by atoms with Crippen molar-refractivity contribution in [3.63, 3.8) is 0 Å². The number of likely N-dealkylation sites (tertiary alicyclic amines) is 1. The summed E-state index contributed by atoms with van der Waals surface area (Å²) in [6, 6.07) is 16.7. The van der Waals surface area contributed by atoms with E-state index >= 15 is 0 Å². The summed E-state index contributed by atoms with van der Waals surface area (Å²) in [4.78, 5) is 27.2. The van der Waals surface area contributed by atoms with Crippen molar-refractivity contribution in [1.29, 1.82) is 0 Å². The van der Waals surface area contributed by atoms with Crippen molar-refractivity contribution in [1.82, 2.24) is 9.47 Å². The second-order valence-corrected chi connectivity index (χ2v) is 12.4. The number of anilines is 1. The summed E-state index contributed by atoms with van der Waals surface area (Å²) in [5.41, 5.74) is 3.04. The minimum atomic E-state index is -0.509. The summed E-state index contributed by atoms with van der Waals surface area (Å²) in [5.74, 6) is 1.36. The van der Waals surface area contributed by atoms with Crippen LogP contribution in [0.15, 0.2) is 60.0 Å². The molecule has 1 aliphatic rings. The van der Waals surface area contributed by atoms with Gasteiger partial charge in [0.1, 0.15) is 29.4 Å². The Hall–Kier alpha value is -4.02. The molecule has 0 radical (unpaired) electrons. The lowest BCUT2D eigenvalue weighted by atomic mass is 10.1. The standard InChI is InChI=1S/C32H37N3O6S.CH4/c1-32(2,3)41-31(38)35-14-12-21(17-35)19-39-23-8-10-24(11-9-23)40-20-25-22(18-36)6-5-7-26(25)33-30(37)28-16-29-27(34(28)4)13-15-42-29;/h5-11,13,15-16,21,36H,12,14,17-20H2,1-4H3,(H,33,37);1H4/t21-;/m0./s1. The highest BCUT2D eigenvalue weighted by Crippen LogP contribution is 2.28. The minimum Gasteiger partial charge on any atom is -0.493 e. The molecule has 5 rings (SSSR count). The lowest BCUT2D eigenvalue weighted by molar-refractivity contribution is 0.0284. The Morgan fingerprint density at radius 1 is 1.07 bits per heavy atom. The molecule has 1 fully saturated rings. The third-order valence-electron chi connectivity index (χ3n) is 7.22. The number of thiophene rings is 1. The Bertz CT molecular complexity index is 1550. The number of aryl methyl sites for hydroxylation is 1. The molecule has 4 aromatic rings. The van der Waals surface area contributed by atoms with Gasteiger partial charge in [0.15, 0.2) is 0 Å². The number of carbonyl (C=O) groups excluding carboxylic acids is 2. The van der Waals surface area contributed by atoms with Crippen molar-refractivity contribution in [2.75, 3.05) is 25.0 Å². The van der Waals surface area contributed by atoms with Gasteiger partial charge in [0, 0.05) is 37.3 Å². The van der Waals surface area contributed by atoms with Crippen LogP contribution >= 0.6 is 11.3 Å². The Morgan fingerprint density at radius 2 is 1.79 bits per heavy atom. The van der Waals surface area contributed by atoms with E-state index in [1.54, 1.807) is 22.3 Å². The van der Waals surface area contributed by atoms with E-state index in [1.807, 2.05) is 86.3 Å². The fourth-order valence-corrected chi connectivity index (χ4v) is 5.84. The normalized spacial score (nSPS) is 14.8. The lowest BCUT2D eigenvalue weighted by Gasteiger charge is -2.24. The zero-order valence-electron chi connectivity index (χ0n) is 24.4. The largest absolute Gasteiger partial charge is 0.493 e. The number of benzene rings is 2. The second-order valence-electron chi connectivity index (χ2n) is 11.5. The molecule has 1 atom stereocenters. The predicted molar refractivity (Wildman–Crippen MR) is 170 cm³/mol. The van der Waals surface area contributed by atoms with Crippen LogP contribution in [0, 0.1) is 5.92 Å². The molecule has 2 aromatic heterocycles. The van der Waals surface area contributed by atoms with Gasteiger partial charge in [0.2, 0.25) is 0 Å². The number of aliphatic hydroxyl groups is 1. The van der Waals surface area contributed by atoms with Crippen molar-refractivity contribution in [3.8, 4) is 11.5 Å². The third kappa shape index (κ3) is 7.69. The van der Waals surface area contributed by atoms with Crippen LogP contribution in [0.1, 0.15) is 56.2 Å².